The van der Waals surface area contributed by atoms with Crippen LogP contribution < -0.4 is 14.8 Å². The molecule has 1 aliphatic carbocycles. The summed E-state index contributed by atoms with van der Waals surface area (Å²) in [6, 6.07) is 5.45. The van der Waals surface area contributed by atoms with Gasteiger partial charge in [-0.25, -0.2) is 0 Å². The van der Waals surface area contributed by atoms with Crippen molar-refractivity contribution >= 4 is 5.91 Å². The van der Waals surface area contributed by atoms with E-state index in [1.165, 1.54) is 6.42 Å². The largest absolute Gasteiger partial charge is 0.493 e. The first-order valence-corrected chi connectivity index (χ1v) is 9.04. The molecular weight excluding hydrogens is 334 g/mol. The van der Waals surface area contributed by atoms with Gasteiger partial charge < -0.3 is 19.3 Å². The molecule has 7 heteroatoms. The van der Waals surface area contributed by atoms with Crippen LogP contribution >= 0.6 is 0 Å². The molecule has 1 N–H and O–H groups in total. The zero-order valence-corrected chi connectivity index (χ0v) is 15.3. The smallest absolute Gasteiger partial charge is 0.228 e. The summed E-state index contributed by atoms with van der Waals surface area (Å²) in [6.07, 6.45) is 6.04. The van der Waals surface area contributed by atoms with Crippen LogP contribution in [0.1, 0.15) is 38.0 Å². The second kappa shape index (κ2) is 8.69. The predicted octanol–water partition coefficient (Wildman–Crippen LogP) is 2.99. The van der Waals surface area contributed by atoms with Gasteiger partial charge in [0.15, 0.2) is 11.5 Å². The quantitative estimate of drug-likeness (QED) is 0.818. The van der Waals surface area contributed by atoms with Crippen LogP contribution in [-0.2, 0) is 11.2 Å². The van der Waals surface area contributed by atoms with E-state index in [1.54, 1.807) is 26.4 Å². The van der Waals surface area contributed by atoms with Gasteiger partial charge in [-0.1, -0.05) is 24.4 Å². The number of carbonyl (C=O) groups excluding carboxylic acids is 1. The highest BCUT2D eigenvalue weighted by molar-refractivity contribution is 5.78. The van der Waals surface area contributed by atoms with Gasteiger partial charge in [0, 0.05) is 24.4 Å². The number of benzene rings is 1. The maximum atomic E-state index is 12.1. The molecule has 1 saturated carbocycles. The normalized spacial score (nSPS) is 14.8. The number of nitrogens with one attached hydrogen (secondary N) is 1. The van der Waals surface area contributed by atoms with E-state index in [4.69, 9.17) is 14.0 Å². The third kappa shape index (κ3) is 4.33. The van der Waals surface area contributed by atoms with Gasteiger partial charge in [0.1, 0.15) is 0 Å². The van der Waals surface area contributed by atoms with Crippen molar-refractivity contribution in [2.24, 2.45) is 5.92 Å². The molecule has 0 unspecified atom stereocenters. The summed E-state index contributed by atoms with van der Waals surface area (Å²) in [5.74, 6) is 2.54. The molecule has 0 radical (unpaired) electrons. The van der Waals surface area contributed by atoms with E-state index in [2.05, 4.69) is 15.5 Å². The molecule has 1 aromatic carbocycles. The lowest BCUT2D eigenvalue weighted by Gasteiger charge is -2.20. The number of methoxy groups -OCH3 is 2. The van der Waals surface area contributed by atoms with Crippen LogP contribution in [0, 0.1) is 5.92 Å². The monoisotopic (exact) mass is 359 g/mol. The van der Waals surface area contributed by atoms with Crippen LogP contribution in [0.5, 0.6) is 11.5 Å². The van der Waals surface area contributed by atoms with E-state index in [0.717, 1.165) is 31.2 Å². The fourth-order valence-corrected chi connectivity index (χ4v) is 3.25. The van der Waals surface area contributed by atoms with Gasteiger partial charge in [0.25, 0.3) is 0 Å². The molecule has 7 nitrogen and oxygen atoms in total. The van der Waals surface area contributed by atoms with Crippen molar-refractivity contribution in [3.05, 3.63) is 24.1 Å². The molecule has 140 valence electrons. The first-order valence-electron chi connectivity index (χ1n) is 9.04. The molecule has 0 saturated heterocycles. The van der Waals surface area contributed by atoms with Crippen LogP contribution in [0.15, 0.2) is 22.7 Å². The Morgan fingerprint density at radius 1 is 1.19 bits per heavy atom. The summed E-state index contributed by atoms with van der Waals surface area (Å²) in [7, 11) is 3.17. The molecule has 0 spiro atoms. The van der Waals surface area contributed by atoms with Crippen LogP contribution in [0.25, 0.3) is 11.4 Å². The van der Waals surface area contributed by atoms with Crippen molar-refractivity contribution in [1.29, 1.82) is 0 Å². The second-order valence-electron chi connectivity index (χ2n) is 6.46. The predicted molar refractivity (Wildman–Crippen MR) is 96.1 cm³/mol. The first kappa shape index (κ1) is 18.2. The molecule has 3 rings (SSSR count). The second-order valence-corrected chi connectivity index (χ2v) is 6.46. The maximum Gasteiger partial charge on any atom is 0.228 e. The summed E-state index contributed by atoms with van der Waals surface area (Å²) in [6.45, 7) is 0.503. The fraction of sp³-hybridized carbons (Fsp3) is 0.526. The Labute approximate surface area is 153 Å². The van der Waals surface area contributed by atoms with Crippen LogP contribution in [0.3, 0.4) is 0 Å². The topological polar surface area (TPSA) is 86.5 Å². The minimum absolute atomic E-state index is 0.143. The number of carbonyl (C=O) groups is 1. The zero-order chi connectivity index (χ0) is 18.4. The molecule has 1 fully saturated rings. The van der Waals surface area contributed by atoms with E-state index >= 15 is 0 Å². The van der Waals surface area contributed by atoms with Gasteiger partial charge in [-0.15, -0.1) is 0 Å². The number of rotatable bonds is 7. The van der Waals surface area contributed by atoms with Gasteiger partial charge in [-0.2, -0.15) is 4.98 Å². The number of hydrogen-bond acceptors (Lipinski definition) is 6. The number of nitrogens with zero attached hydrogens (tertiary/aromatic N) is 2. The van der Waals surface area contributed by atoms with Crippen molar-refractivity contribution in [1.82, 2.24) is 15.5 Å². The lowest BCUT2D eigenvalue weighted by molar-refractivity contribution is -0.125. The van der Waals surface area contributed by atoms with Crippen molar-refractivity contribution in [2.75, 3.05) is 20.8 Å². The molecule has 1 amide bonds. The third-order valence-electron chi connectivity index (χ3n) is 4.72. The third-order valence-corrected chi connectivity index (χ3v) is 4.72. The number of hydrogen-bond donors (Lipinski definition) is 1. The Balaban J connectivity index is 1.55. The molecule has 1 heterocycles. The van der Waals surface area contributed by atoms with Crippen molar-refractivity contribution < 1.29 is 18.8 Å². The van der Waals surface area contributed by atoms with Crippen LogP contribution in [0.4, 0.5) is 0 Å². The van der Waals surface area contributed by atoms with Gasteiger partial charge in [0.05, 0.1) is 14.2 Å². The van der Waals surface area contributed by atoms with Gasteiger partial charge in [-0.3, -0.25) is 4.79 Å². The van der Waals surface area contributed by atoms with Gasteiger partial charge in [-0.05, 0) is 31.0 Å². The number of ether oxygens (including phenoxy) is 2. The Hall–Kier alpha value is -2.57. The SMILES string of the molecule is COc1ccc(-c2noc(CCNC(=O)C3CCCCC3)n2)cc1OC. The van der Waals surface area contributed by atoms with E-state index in [9.17, 15) is 4.79 Å². The lowest BCUT2D eigenvalue weighted by atomic mass is 9.89. The van der Waals surface area contributed by atoms with Crippen molar-refractivity contribution in [3.63, 3.8) is 0 Å². The summed E-state index contributed by atoms with van der Waals surface area (Å²) in [5, 5.41) is 6.99. The molecule has 26 heavy (non-hydrogen) atoms. The fourth-order valence-electron chi connectivity index (χ4n) is 3.25. The van der Waals surface area contributed by atoms with E-state index in [1.807, 2.05) is 6.07 Å². The molecule has 0 atom stereocenters. The summed E-state index contributed by atoms with van der Waals surface area (Å²) in [5.41, 5.74) is 0.781. The minimum Gasteiger partial charge on any atom is -0.493 e. The highest BCUT2D eigenvalue weighted by Crippen LogP contribution is 2.31. The number of amides is 1. The molecular formula is C19H25N3O4. The first-order chi connectivity index (χ1) is 12.7. The summed E-state index contributed by atoms with van der Waals surface area (Å²) >= 11 is 0. The van der Waals surface area contributed by atoms with Gasteiger partial charge >= 0.3 is 0 Å². The Morgan fingerprint density at radius 2 is 1.96 bits per heavy atom. The van der Waals surface area contributed by atoms with Crippen molar-refractivity contribution in [3.8, 4) is 22.9 Å². The van der Waals surface area contributed by atoms with Crippen LogP contribution in [0.2, 0.25) is 0 Å². The Bertz CT molecular complexity index is 738. The minimum atomic E-state index is 0.143. The molecule has 1 aliphatic rings. The van der Waals surface area contributed by atoms with Crippen LogP contribution in [-0.4, -0.2) is 36.8 Å². The van der Waals surface area contributed by atoms with Gasteiger partial charge in [0.2, 0.25) is 17.6 Å². The highest BCUT2D eigenvalue weighted by Gasteiger charge is 2.20. The molecule has 0 aliphatic heterocycles. The molecule has 0 bridgehead atoms. The summed E-state index contributed by atoms with van der Waals surface area (Å²) in [4.78, 5) is 16.5. The standard InChI is InChI=1S/C19H25N3O4/c1-24-15-9-8-14(12-16(15)25-2)18-21-17(26-22-18)10-11-20-19(23)13-6-4-3-5-7-13/h8-9,12-13H,3-7,10-11H2,1-2H3,(H,20,23). The Morgan fingerprint density at radius 3 is 2.69 bits per heavy atom. The summed E-state index contributed by atoms with van der Waals surface area (Å²) < 4.78 is 15.8. The lowest BCUT2D eigenvalue weighted by Crippen LogP contribution is -2.33. The zero-order valence-electron chi connectivity index (χ0n) is 15.3. The van der Waals surface area contributed by atoms with E-state index in [0.29, 0.717) is 36.2 Å². The van der Waals surface area contributed by atoms with E-state index < -0.39 is 0 Å². The van der Waals surface area contributed by atoms with Crippen molar-refractivity contribution in [2.45, 2.75) is 38.5 Å². The average molecular weight is 359 g/mol. The molecule has 2 aromatic rings. The highest BCUT2D eigenvalue weighted by atomic mass is 16.5. The average Bonchev–Trinajstić information content (AvgIpc) is 3.17. The maximum absolute atomic E-state index is 12.1. The Kier molecular flexibility index (Phi) is 6.09. The molecule has 1 aromatic heterocycles. The van der Waals surface area contributed by atoms with E-state index in [-0.39, 0.29) is 11.8 Å². The number of aromatic nitrogens is 2.